The van der Waals surface area contributed by atoms with E-state index in [0.29, 0.717) is 12.4 Å². The molecule has 0 amide bonds. The first-order chi connectivity index (χ1) is 7.33. The van der Waals surface area contributed by atoms with E-state index in [0.717, 1.165) is 12.2 Å². The molecule has 0 aliphatic carbocycles. The van der Waals surface area contributed by atoms with E-state index < -0.39 is 0 Å². The zero-order valence-electron chi connectivity index (χ0n) is 8.94. The monoisotopic (exact) mass is 224 g/mol. The average molecular weight is 224 g/mol. The standard InChI is InChI=1S/C12H16O2S/c1-2-14-12(13)10-15-9-8-11-6-4-3-5-7-11/h3-7H,2,8-10H2,1H3. The lowest BCUT2D eigenvalue weighted by molar-refractivity contribution is -0.139. The number of carbonyl (C=O) groups is 1. The largest absolute Gasteiger partial charge is 0.465 e. The van der Waals surface area contributed by atoms with E-state index in [-0.39, 0.29) is 5.97 Å². The van der Waals surface area contributed by atoms with Crippen molar-refractivity contribution in [2.45, 2.75) is 13.3 Å². The van der Waals surface area contributed by atoms with E-state index in [1.807, 2.05) is 25.1 Å². The summed E-state index contributed by atoms with van der Waals surface area (Å²) in [6.07, 6.45) is 1.00. The number of rotatable bonds is 6. The molecule has 0 bridgehead atoms. The molecule has 0 N–H and O–H groups in total. The van der Waals surface area contributed by atoms with Crippen LogP contribution in [0.1, 0.15) is 12.5 Å². The highest BCUT2D eigenvalue weighted by Crippen LogP contribution is 2.07. The van der Waals surface area contributed by atoms with Crippen molar-refractivity contribution in [1.29, 1.82) is 0 Å². The van der Waals surface area contributed by atoms with Crippen molar-refractivity contribution in [2.75, 3.05) is 18.1 Å². The molecule has 0 saturated carbocycles. The van der Waals surface area contributed by atoms with E-state index >= 15 is 0 Å². The summed E-state index contributed by atoms with van der Waals surface area (Å²) in [5, 5.41) is 0. The van der Waals surface area contributed by atoms with E-state index in [1.165, 1.54) is 5.56 Å². The minimum absolute atomic E-state index is 0.115. The molecular weight excluding hydrogens is 208 g/mol. The first-order valence-electron chi connectivity index (χ1n) is 5.10. The molecule has 3 heteroatoms. The Balaban J connectivity index is 2.10. The predicted octanol–water partition coefficient (Wildman–Crippen LogP) is 2.53. The lowest BCUT2D eigenvalue weighted by Crippen LogP contribution is -2.07. The van der Waals surface area contributed by atoms with Gasteiger partial charge in [-0.15, -0.1) is 11.8 Å². The molecule has 1 rings (SSSR count). The van der Waals surface area contributed by atoms with Gasteiger partial charge in [0, 0.05) is 0 Å². The Morgan fingerprint density at radius 2 is 2.07 bits per heavy atom. The van der Waals surface area contributed by atoms with Crippen LogP contribution in [0.5, 0.6) is 0 Å². The third kappa shape index (κ3) is 5.47. The van der Waals surface area contributed by atoms with Crippen LogP contribution in [-0.2, 0) is 16.0 Å². The molecule has 0 radical (unpaired) electrons. The molecule has 0 unspecified atom stereocenters. The molecule has 0 aromatic heterocycles. The van der Waals surface area contributed by atoms with E-state index in [2.05, 4.69) is 12.1 Å². The van der Waals surface area contributed by atoms with Crippen LogP contribution in [0.25, 0.3) is 0 Å². The molecular formula is C12H16O2S. The van der Waals surface area contributed by atoms with Crippen LogP contribution in [0.4, 0.5) is 0 Å². The van der Waals surface area contributed by atoms with Crippen molar-refractivity contribution < 1.29 is 9.53 Å². The predicted molar refractivity (Wildman–Crippen MR) is 64.1 cm³/mol. The fourth-order valence-corrected chi connectivity index (χ4v) is 1.97. The Kier molecular flexibility index (Phi) is 5.93. The average Bonchev–Trinajstić information content (AvgIpc) is 2.26. The van der Waals surface area contributed by atoms with E-state index in [1.54, 1.807) is 11.8 Å². The number of esters is 1. The van der Waals surface area contributed by atoms with Crippen LogP contribution in [0, 0.1) is 0 Å². The highest BCUT2D eigenvalue weighted by Gasteiger charge is 2.00. The summed E-state index contributed by atoms with van der Waals surface area (Å²) in [6.45, 7) is 2.30. The molecule has 2 nitrogen and oxygen atoms in total. The number of benzene rings is 1. The molecule has 1 aromatic carbocycles. The number of hydrogen-bond donors (Lipinski definition) is 0. The summed E-state index contributed by atoms with van der Waals surface area (Å²) in [4.78, 5) is 11.0. The SMILES string of the molecule is CCOC(=O)CSCCc1ccccc1. The van der Waals surface area contributed by atoms with Crippen LogP contribution >= 0.6 is 11.8 Å². The van der Waals surface area contributed by atoms with Crippen molar-refractivity contribution in [1.82, 2.24) is 0 Å². The van der Waals surface area contributed by atoms with Crippen LogP contribution in [0.15, 0.2) is 30.3 Å². The third-order valence-corrected chi connectivity index (χ3v) is 2.84. The van der Waals surface area contributed by atoms with Gasteiger partial charge >= 0.3 is 5.97 Å². The van der Waals surface area contributed by atoms with Crippen LogP contribution < -0.4 is 0 Å². The molecule has 0 aliphatic rings. The molecule has 0 spiro atoms. The van der Waals surface area contributed by atoms with Gasteiger partial charge in [-0.3, -0.25) is 4.79 Å². The third-order valence-electron chi connectivity index (χ3n) is 1.90. The van der Waals surface area contributed by atoms with Crippen LogP contribution in [-0.4, -0.2) is 24.1 Å². The second-order valence-corrected chi connectivity index (χ2v) is 4.20. The smallest absolute Gasteiger partial charge is 0.315 e. The van der Waals surface area contributed by atoms with Gasteiger partial charge in [0.25, 0.3) is 0 Å². The van der Waals surface area contributed by atoms with Crippen molar-refractivity contribution in [2.24, 2.45) is 0 Å². The molecule has 0 heterocycles. The minimum Gasteiger partial charge on any atom is -0.465 e. The Bertz CT molecular complexity index is 285. The van der Waals surface area contributed by atoms with Crippen LogP contribution in [0.2, 0.25) is 0 Å². The summed E-state index contributed by atoms with van der Waals surface area (Å²) in [7, 11) is 0. The van der Waals surface area contributed by atoms with Crippen LogP contribution in [0.3, 0.4) is 0 Å². The first-order valence-corrected chi connectivity index (χ1v) is 6.25. The number of ether oxygens (including phenoxy) is 1. The normalized spacial score (nSPS) is 9.93. The Morgan fingerprint density at radius 1 is 1.33 bits per heavy atom. The second kappa shape index (κ2) is 7.35. The summed E-state index contributed by atoms with van der Waals surface area (Å²) in [6, 6.07) is 10.3. The fourth-order valence-electron chi connectivity index (χ4n) is 1.19. The lowest BCUT2D eigenvalue weighted by atomic mass is 10.2. The van der Waals surface area contributed by atoms with Gasteiger partial charge in [-0.1, -0.05) is 30.3 Å². The maximum atomic E-state index is 11.0. The molecule has 82 valence electrons. The first kappa shape index (κ1) is 12.1. The molecule has 1 aromatic rings. The quantitative estimate of drug-likeness (QED) is 0.548. The zero-order chi connectivity index (χ0) is 10.9. The van der Waals surface area contributed by atoms with Gasteiger partial charge in [0.05, 0.1) is 12.4 Å². The van der Waals surface area contributed by atoms with E-state index in [4.69, 9.17) is 4.74 Å². The molecule has 0 atom stereocenters. The maximum absolute atomic E-state index is 11.0. The Morgan fingerprint density at radius 3 is 2.73 bits per heavy atom. The summed E-state index contributed by atoms with van der Waals surface area (Å²) in [5.74, 6) is 1.30. The zero-order valence-corrected chi connectivity index (χ0v) is 9.76. The molecule has 15 heavy (non-hydrogen) atoms. The van der Waals surface area contributed by atoms with Gasteiger partial charge in [-0.05, 0) is 24.7 Å². The second-order valence-electron chi connectivity index (χ2n) is 3.09. The summed E-state index contributed by atoms with van der Waals surface area (Å²) < 4.78 is 4.83. The molecule has 0 fully saturated rings. The summed E-state index contributed by atoms with van der Waals surface area (Å²) >= 11 is 1.62. The highest BCUT2D eigenvalue weighted by molar-refractivity contribution is 7.99. The lowest BCUT2D eigenvalue weighted by Gasteiger charge is -2.02. The van der Waals surface area contributed by atoms with Gasteiger partial charge in [0.15, 0.2) is 0 Å². The Hall–Kier alpha value is -0.960. The van der Waals surface area contributed by atoms with Gasteiger partial charge in [0.2, 0.25) is 0 Å². The highest BCUT2D eigenvalue weighted by atomic mass is 32.2. The van der Waals surface area contributed by atoms with Crippen molar-refractivity contribution in [3.8, 4) is 0 Å². The maximum Gasteiger partial charge on any atom is 0.315 e. The van der Waals surface area contributed by atoms with Crippen molar-refractivity contribution in [3.63, 3.8) is 0 Å². The van der Waals surface area contributed by atoms with Gasteiger partial charge in [-0.25, -0.2) is 0 Å². The Labute approximate surface area is 95.0 Å². The minimum atomic E-state index is -0.115. The number of thioether (sulfide) groups is 1. The number of hydrogen-bond acceptors (Lipinski definition) is 3. The van der Waals surface area contributed by atoms with E-state index in [9.17, 15) is 4.79 Å². The van der Waals surface area contributed by atoms with Gasteiger partial charge in [-0.2, -0.15) is 0 Å². The van der Waals surface area contributed by atoms with Crippen molar-refractivity contribution >= 4 is 17.7 Å². The van der Waals surface area contributed by atoms with Gasteiger partial charge in [0.1, 0.15) is 0 Å². The fraction of sp³-hybridized carbons (Fsp3) is 0.417. The number of aryl methyl sites for hydroxylation is 1. The summed E-state index contributed by atoms with van der Waals surface area (Å²) in [5.41, 5.74) is 1.31. The number of carbonyl (C=O) groups excluding carboxylic acids is 1. The van der Waals surface area contributed by atoms with Crippen molar-refractivity contribution in [3.05, 3.63) is 35.9 Å². The topological polar surface area (TPSA) is 26.3 Å². The van der Waals surface area contributed by atoms with Gasteiger partial charge < -0.3 is 4.74 Å². The molecule has 0 saturated heterocycles. The molecule has 0 aliphatic heterocycles.